The van der Waals surface area contributed by atoms with Crippen LogP contribution in [0.15, 0.2) is 82.7 Å². The van der Waals surface area contributed by atoms with Gasteiger partial charge in [-0.15, -0.1) is 0 Å². The number of benzene rings is 2. The van der Waals surface area contributed by atoms with Gasteiger partial charge in [0.25, 0.3) is 15.9 Å². The molecule has 1 amide bonds. The Morgan fingerprint density at radius 1 is 1.06 bits per heavy atom. The third-order valence-corrected chi connectivity index (χ3v) is 6.35. The maximum Gasteiger partial charge on any atom is 0.261 e. The Hall–Kier alpha value is -4.05. The van der Waals surface area contributed by atoms with E-state index in [1.165, 1.54) is 35.2 Å². The van der Waals surface area contributed by atoms with Crippen molar-refractivity contribution in [3.63, 3.8) is 0 Å². The van der Waals surface area contributed by atoms with Crippen molar-refractivity contribution in [2.24, 2.45) is 0 Å². The molecule has 0 atom stereocenters. The molecule has 4 rings (SSSR count). The lowest BCUT2D eigenvalue weighted by Crippen LogP contribution is -2.27. The number of rotatable bonds is 6. The van der Waals surface area contributed by atoms with Gasteiger partial charge in [-0.1, -0.05) is 0 Å². The first-order chi connectivity index (χ1) is 15.7. The zero-order valence-electron chi connectivity index (χ0n) is 17.4. The summed E-state index contributed by atoms with van der Waals surface area (Å²) in [4.78, 5) is 33.2. The van der Waals surface area contributed by atoms with E-state index in [0.29, 0.717) is 5.52 Å². The summed E-state index contributed by atoms with van der Waals surface area (Å²) < 4.78 is 41.3. The second-order valence-electron chi connectivity index (χ2n) is 7.38. The van der Waals surface area contributed by atoms with E-state index in [0.717, 1.165) is 23.8 Å². The number of carbonyl (C=O) groups is 1. The Balaban J connectivity index is 1.71. The van der Waals surface area contributed by atoms with Crippen molar-refractivity contribution in [2.75, 3.05) is 11.8 Å². The summed E-state index contributed by atoms with van der Waals surface area (Å²) in [7, 11) is -2.45. The van der Waals surface area contributed by atoms with Crippen LogP contribution in [0.1, 0.15) is 15.9 Å². The van der Waals surface area contributed by atoms with Crippen molar-refractivity contribution in [3.8, 4) is 0 Å². The predicted molar refractivity (Wildman–Crippen MR) is 122 cm³/mol. The number of aromatic amines is 1. The summed E-state index contributed by atoms with van der Waals surface area (Å²) in [5.74, 6) is -0.935. The van der Waals surface area contributed by atoms with E-state index >= 15 is 0 Å². The monoisotopic (exact) mass is 466 g/mol. The van der Waals surface area contributed by atoms with Gasteiger partial charge in [-0.05, 0) is 60.2 Å². The minimum absolute atomic E-state index is 0.0733. The molecule has 8 nitrogen and oxygen atoms in total. The van der Waals surface area contributed by atoms with Gasteiger partial charge in [-0.25, -0.2) is 12.8 Å². The summed E-state index contributed by atoms with van der Waals surface area (Å²) in [6.45, 7) is 0.278. The molecule has 0 aliphatic heterocycles. The van der Waals surface area contributed by atoms with E-state index in [1.54, 1.807) is 31.6 Å². The third kappa shape index (κ3) is 4.90. The van der Waals surface area contributed by atoms with Gasteiger partial charge in [0.15, 0.2) is 0 Å². The SMILES string of the molecule is CN(Cc1ccncc1)C(=O)c1cc(=O)[nH]c2ccc(S(=O)(=O)Nc3ccc(F)cc3)cc12. The van der Waals surface area contributed by atoms with E-state index in [4.69, 9.17) is 0 Å². The van der Waals surface area contributed by atoms with E-state index in [1.807, 2.05) is 0 Å². The lowest BCUT2D eigenvalue weighted by Gasteiger charge is -2.18. The van der Waals surface area contributed by atoms with Crippen LogP contribution in [-0.4, -0.2) is 36.2 Å². The third-order valence-electron chi connectivity index (χ3n) is 4.97. The van der Waals surface area contributed by atoms with E-state index in [2.05, 4.69) is 14.7 Å². The zero-order chi connectivity index (χ0) is 23.6. The second-order valence-corrected chi connectivity index (χ2v) is 9.07. The second kappa shape index (κ2) is 8.83. The van der Waals surface area contributed by atoms with Crippen molar-refractivity contribution in [2.45, 2.75) is 11.4 Å². The van der Waals surface area contributed by atoms with Gasteiger partial charge in [0.2, 0.25) is 5.56 Å². The molecule has 2 N–H and O–H groups in total. The van der Waals surface area contributed by atoms with Crippen LogP contribution in [0.2, 0.25) is 0 Å². The number of nitrogens with zero attached hydrogens (tertiary/aromatic N) is 2. The number of nitrogens with one attached hydrogen (secondary N) is 2. The highest BCUT2D eigenvalue weighted by molar-refractivity contribution is 7.92. The number of amides is 1. The minimum atomic E-state index is -4.04. The van der Waals surface area contributed by atoms with Gasteiger partial charge >= 0.3 is 0 Å². The first-order valence-corrected chi connectivity index (χ1v) is 11.3. The van der Waals surface area contributed by atoms with Gasteiger partial charge in [-0.2, -0.15) is 0 Å². The van der Waals surface area contributed by atoms with Crippen molar-refractivity contribution in [1.82, 2.24) is 14.9 Å². The van der Waals surface area contributed by atoms with Gasteiger partial charge in [0, 0.05) is 48.6 Å². The molecule has 0 saturated carbocycles. The van der Waals surface area contributed by atoms with Crippen LogP contribution in [0.5, 0.6) is 0 Å². The molecule has 168 valence electrons. The van der Waals surface area contributed by atoms with Crippen molar-refractivity contribution in [3.05, 3.63) is 100 Å². The molecule has 0 fully saturated rings. The van der Waals surface area contributed by atoms with Crippen molar-refractivity contribution >= 4 is 32.5 Å². The number of aromatic nitrogens is 2. The van der Waals surface area contributed by atoms with Gasteiger partial charge in [0.05, 0.1) is 10.5 Å². The van der Waals surface area contributed by atoms with E-state index < -0.39 is 27.3 Å². The smallest absolute Gasteiger partial charge is 0.261 e. The van der Waals surface area contributed by atoms with Crippen LogP contribution in [0, 0.1) is 5.82 Å². The number of H-pyrrole nitrogens is 1. The van der Waals surface area contributed by atoms with Gasteiger partial charge in [-0.3, -0.25) is 19.3 Å². The van der Waals surface area contributed by atoms with Crippen LogP contribution in [0.3, 0.4) is 0 Å². The number of halogens is 1. The quantitative estimate of drug-likeness (QED) is 0.453. The van der Waals surface area contributed by atoms with E-state index in [9.17, 15) is 22.4 Å². The number of hydrogen-bond acceptors (Lipinski definition) is 5. The van der Waals surface area contributed by atoms with E-state index in [-0.39, 0.29) is 28.1 Å². The molecule has 2 aromatic carbocycles. The fraction of sp³-hybridized carbons (Fsp3) is 0.0870. The summed E-state index contributed by atoms with van der Waals surface area (Å²) in [5, 5.41) is 0.281. The fourth-order valence-electron chi connectivity index (χ4n) is 3.35. The van der Waals surface area contributed by atoms with Crippen LogP contribution < -0.4 is 10.3 Å². The molecule has 2 aromatic heterocycles. The number of pyridine rings is 2. The minimum Gasteiger partial charge on any atom is -0.337 e. The molecule has 2 heterocycles. The Morgan fingerprint density at radius 2 is 1.76 bits per heavy atom. The maximum absolute atomic E-state index is 13.2. The standard InChI is InChI=1S/C23H19FN4O4S/c1-28(14-15-8-10-25-11-9-15)23(30)20-13-22(29)26-21-7-6-18(12-19(20)21)33(31,32)27-17-4-2-16(24)3-5-17/h2-13,27H,14H2,1H3,(H,26,29). The lowest BCUT2D eigenvalue weighted by molar-refractivity contribution is 0.0786. The largest absolute Gasteiger partial charge is 0.337 e. The molecule has 0 bridgehead atoms. The van der Waals surface area contributed by atoms with Crippen molar-refractivity contribution in [1.29, 1.82) is 0 Å². The molecule has 10 heteroatoms. The molecule has 0 unspecified atom stereocenters. The number of anilines is 1. The molecular formula is C23H19FN4O4S. The maximum atomic E-state index is 13.2. The van der Waals surface area contributed by atoms with Crippen LogP contribution >= 0.6 is 0 Å². The normalized spacial score (nSPS) is 11.3. The van der Waals surface area contributed by atoms with Crippen molar-refractivity contribution < 1.29 is 17.6 Å². The topological polar surface area (TPSA) is 112 Å². The zero-order valence-corrected chi connectivity index (χ0v) is 18.3. The number of hydrogen-bond donors (Lipinski definition) is 2. The highest BCUT2D eigenvalue weighted by atomic mass is 32.2. The summed E-state index contributed by atoms with van der Waals surface area (Å²) in [6, 6.07) is 13.6. The summed E-state index contributed by atoms with van der Waals surface area (Å²) in [5.41, 5.74) is 0.948. The molecule has 0 aliphatic carbocycles. The van der Waals surface area contributed by atoms with Crippen LogP contribution in [-0.2, 0) is 16.6 Å². The summed E-state index contributed by atoms with van der Waals surface area (Å²) in [6.07, 6.45) is 3.23. The highest BCUT2D eigenvalue weighted by Gasteiger charge is 2.20. The van der Waals surface area contributed by atoms with Gasteiger partial charge < -0.3 is 9.88 Å². The van der Waals surface area contributed by atoms with Crippen LogP contribution in [0.25, 0.3) is 10.9 Å². The lowest BCUT2D eigenvalue weighted by atomic mass is 10.1. The summed E-state index contributed by atoms with van der Waals surface area (Å²) >= 11 is 0. The molecule has 0 aliphatic rings. The van der Waals surface area contributed by atoms with Crippen LogP contribution in [0.4, 0.5) is 10.1 Å². The molecule has 4 aromatic rings. The molecular weight excluding hydrogens is 447 g/mol. The number of fused-ring (bicyclic) bond motifs is 1. The number of sulfonamides is 1. The Labute approximate surface area is 188 Å². The molecule has 33 heavy (non-hydrogen) atoms. The Morgan fingerprint density at radius 3 is 2.45 bits per heavy atom. The molecule has 0 saturated heterocycles. The average Bonchev–Trinajstić information content (AvgIpc) is 2.79. The average molecular weight is 466 g/mol. The number of carbonyl (C=O) groups excluding carboxylic acids is 1. The Bertz CT molecular complexity index is 1490. The first kappa shape index (κ1) is 22.2. The molecule has 0 radical (unpaired) electrons. The predicted octanol–water partition coefficient (Wildman–Crippen LogP) is 3.14. The molecule has 0 spiro atoms. The van der Waals surface area contributed by atoms with Gasteiger partial charge in [0.1, 0.15) is 5.82 Å². The Kier molecular flexibility index (Phi) is 5.93. The highest BCUT2D eigenvalue weighted by Crippen LogP contribution is 2.23. The fourth-order valence-corrected chi connectivity index (χ4v) is 4.43. The first-order valence-electron chi connectivity index (χ1n) is 9.83.